The third kappa shape index (κ3) is 5.20. The average Bonchev–Trinajstić information content (AvgIpc) is 2.54. The predicted molar refractivity (Wildman–Crippen MR) is 83.8 cm³/mol. The van der Waals surface area contributed by atoms with Crippen LogP contribution in [0.2, 0.25) is 0 Å². The lowest BCUT2D eigenvalue weighted by atomic mass is 10.3. The van der Waals surface area contributed by atoms with E-state index in [1.807, 2.05) is 36.5 Å². The van der Waals surface area contributed by atoms with Gasteiger partial charge < -0.3 is 10.6 Å². The van der Waals surface area contributed by atoms with Gasteiger partial charge >= 0.3 is 0 Å². The van der Waals surface area contributed by atoms with Crippen LogP contribution in [0.15, 0.2) is 59.9 Å². The Kier molecular flexibility index (Phi) is 5.58. The molecule has 3 N–H and O–H groups in total. The number of guanidine groups is 1. The van der Waals surface area contributed by atoms with Crippen molar-refractivity contribution in [1.29, 1.82) is 5.26 Å². The summed E-state index contributed by atoms with van der Waals surface area (Å²) >= 11 is 0. The molecule has 0 saturated heterocycles. The highest BCUT2D eigenvalue weighted by atomic mass is 15.2. The summed E-state index contributed by atoms with van der Waals surface area (Å²) in [6.07, 6.45) is 5.21. The first-order chi connectivity index (χ1) is 10.4. The normalized spacial score (nSPS) is 10.5. The van der Waals surface area contributed by atoms with Crippen LogP contribution in [0.25, 0.3) is 0 Å². The number of nitrogens with zero attached hydrogens (tertiary/aromatic N) is 3. The molecule has 6 heteroatoms. The number of rotatable bonds is 5. The molecule has 2 rings (SSSR count). The second kappa shape index (κ2) is 8.17. The number of nitriles is 1. The smallest absolute Gasteiger partial charge is 0.209 e. The summed E-state index contributed by atoms with van der Waals surface area (Å²) in [5.74, 6) is 0.415. The highest BCUT2D eigenvalue weighted by Crippen LogP contribution is 2.04. The summed E-state index contributed by atoms with van der Waals surface area (Å²) < 4.78 is 0. The van der Waals surface area contributed by atoms with E-state index in [1.54, 1.807) is 24.5 Å². The molecular formula is C15H16N6. The van der Waals surface area contributed by atoms with Gasteiger partial charge in [0.1, 0.15) is 0 Å². The predicted octanol–water partition coefficient (Wildman–Crippen LogP) is 2.03. The average molecular weight is 280 g/mol. The third-order valence-corrected chi connectivity index (χ3v) is 2.60. The van der Waals surface area contributed by atoms with Gasteiger partial charge in [-0.2, -0.15) is 5.26 Å². The first-order valence-electron chi connectivity index (χ1n) is 6.54. The van der Waals surface area contributed by atoms with Gasteiger partial charge in [0, 0.05) is 30.3 Å². The summed E-state index contributed by atoms with van der Waals surface area (Å²) in [7, 11) is 0. The molecule has 0 spiro atoms. The van der Waals surface area contributed by atoms with E-state index in [2.05, 4.69) is 25.9 Å². The molecule has 0 aliphatic heterocycles. The number of hydrogen-bond donors (Lipinski definition) is 3. The summed E-state index contributed by atoms with van der Waals surface area (Å²) in [4.78, 5) is 8.25. The van der Waals surface area contributed by atoms with E-state index >= 15 is 0 Å². The molecule has 2 aromatic rings. The standard InChI is InChI=1S/C15H16N6/c16-12-20-15(21-14-6-8-17-9-7-14)19-11-10-18-13-4-2-1-3-5-13/h1-9,18H,10-11H2,(H2,17,19,20,21). The molecule has 0 atom stereocenters. The summed E-state index contributed by atoms with van der Waals surface area (Å²) in [5.41, 5.74) is 1.87. The summed E-state index contributed by atoms with van der Waals surface area (Å²) in [5, 5.41) is 17.5. The number of aliphatic imine (C=N–C) groups is 1. The Labute approximate surface area is 123 Å². The Morgan fingerprint density at radius 3 is 2.57 bits per heavy atom. The van der Waals surface area contributed by atoms with Gasteiger partial charge in [0.05, 0.1) is 6.54 Å². The van der Waals surface area contributed by atoms with Crippen molar-refractivity contribution < 1.29 is 0 Å². The van der Waals surface area contributed by atoms with Gasteiger partial charge in [0.2, 0.25) is 5.96 Å². The first-order valence-corrected chi connectivity index (χ1v) is 6.54. The molecule has 0 radical (unpaired) electrons. The van der Waals surface area contributed by atoms with E-state index in [4.69, 9.17) is 5.26 Å². The number of anilines is 2. The summed E-state index contributed by atoms with van der Waals surface area (Å²) in [6, 6.07) is 13.5. The maximum absolute atomic E-state index is 8.74. The van der Waals surface area contributed by atoms with E-state index in [-0.39, 0.29) is 0 Å². The minimum Gasteiger partial charge on any atom is -0.383 e. The van der Waals surface area contributed by atoms with Gasteiger partial charge in [0.15, 0.2) is 6.19 Å². The molecule has 0 amide bonds. The lowest BCUT2D eigenvalue weighted by Gasteiger charge is -2.08. The Hall–Kier alpha value is -3.07. The van der Waals surface area contributed by atoms with E-state index < -0.39 is 0 Å². The molecule has 0 aliphatic carbocycles. The van der Waals surface area contributed by atoms with Crippen LogP contribution < -0.4 is 16.0 Å². The zero-order chi connectivity index (χ0) is 14.8. The molecule has 1 aromatic heterocycles. The van der Waals surface area contributed by atoms with E-state index in [0.29, 0.717) is 19.0 Å². The Morgan fingerprint density at radius 2 is 1.86 bits per heavy atom. The van der Waals surface area contributed by atoms with Crippen LogP contribution in [0.1, 0.15) is 0 Å². The number of hydrogen-bond acceptors (Lipinski definition) is 4. The van der Waals surface area contributed by atoms with Gasteiger partial charge in [0.25, 0.3) is 0 Å². The molecule has 6 nitrogen and oxygen atoms in total. The minimum absolute atomic E-state index is 0.415. The molecule has 21 heavy (non-hydrogen) atoms. The number of benzene rings is 1. The molecule has 1 heterocycles. The zero-order valence-electron chi connectivity index (χ0n) is 11.5. The molecule has 0 fully saturated rings. The maximum Gasteiger partial charge on any atom is 0.209 e. The maximum atomic E-state index is 8.74. The van der Waals surface area contributed by atoms with Gasteiger partial charge in [-0.1, -0.05) is 18.2 Å². The summed E-state index contributed by atoms with van der Waals surface area (Å²) in [6.45, 7) is 1.22. The molecular weight excluding hydrogens is 264 g/mol. The second-order valence-electron chi connectivity index (χ2n) is 4.12. The van der Waals surface area contributed by atoms with Crippen LogP contribution >= 0.6 is 0 Å². The van der Waals surface area contributed by atoms with Crippen molar-refractivity contribution >= 4 is 17.3 Å². The third-order valence-electron chi connectivity index (χ3n) is 2.60. The van der Waals surface area contributed by atoms with Gasteiger partial charge in [-0.25, -0.2) is 0 Å². The fourth-order valence-electron chi connectivity index (χ4n) is 1.66. The fraction of sp³-hybridized carbons (Fsp3) is 0.133. The van der Waals surface area contributed by atoms with Crippen LogP contribution in [0, 0.1) is 11.5 Å². The Morgan fingerprint density at radius 1 is 1.10 bits per heavy atom. The lowest BCUT2D eigenvalue weighted by Crippen LogP contribution is -2.27. The quantitative estimate of drug-likeness (QED) is 0.256. The van der Waals surface area contributed by atoms with Gasteiger partial charge in [-0.3, -0.25) is 15.3 Å². The number of nitrogens with one attached hydrogen (secondary N) is 3. The van der Waals surface area contributed by atoms with Crippen molar-refractivity contribution in [1.82, 2.24) is 10.3 Å². The molecule has 1 aromatic carbocycles. The monoisotopic (exact) mass is 280 g/mol. The molecule has 106 valence electrons. The Bertz CT molecular complexity index is 603. The molecule has 0 bridgehead atoms. The Balaban J connectivity index is 1.85. The number of pyridine rings is 1. The van der Waals surface area contributed by atoms with E-state index in [0.717, 1.165) is 11.4 Å². The van der Waals surface area contributed by atoms with Crippen molar-refractivity contribution in [2.45, 2.75) is 0 Å². The van der Waals surface area contributed by atoms with Gasteiger partial charge in [-0.15, -0.1) is 0 Å². The van der Waals surface area contributed by atoms with Crippen molar-refractivity contribution in [3.8, 4) is 6.19 Å². The van der Waals surface area contributed by atoms with Crippen molar-refractivity contribution in [3.63, 3.8) is 0 Å². The van der Waals surface area contributed by atoms with Crippen LogP contribution in [0.3, 0.4) is 0 Å². The number of aromatic nitrogens is 1. The first kappa shape index (κ1) is 14.3. The number of para-hydroxylation sites is 1. The second-order valence-corrected chi connectivity index (χ2v) is 4.12. The lowest BCUT2D eigenvalue weighted by molar-refractivity contribution is 1.01. The molecule has 0 aliphatic rings. The van der Waals surface area contributed by atoms with Crippen molar-refractivity contribution in [2.75, 3.05) is 23.7 Å². The van der Waals surface area contributed by atoms with Crippen LogP contribution in [-0.4, -0.2) is 24.0 Å². The SMILES string of the molecule is N#CNC(=NCCNc1ccccc1)Nc1ccncc1. The van der Waals surface area contributed by atoms with Crippen molar-refractivity contribution in [2.24, 2.45) is 4.99 Å². The molecule has 0 unspecified atom stereocenters. The van der Waals surface area contributed by atoms with E-state index in [1.165, 1.54) is 0 Å². The molecule has 0 saturated carbocycles. The minimum atomic E-state index is 0.415. The van der Waals surface area contributed by atoms with Crippen molar-refractivity contribution in [3.05, 3.63) is 54.9 Å². The highest BCUT2D eigenvalue weighted by Gasteiger charge is 1.98. The topological polar surface area (TPSA) is 85.1 Å². The zero-order valence-corrected chi connectivity index (χ0v) is 11.5. The van der Waals surface area contributed by atoms with Crippen LogP contribution in [0.4, 0.5) is 11.4 Å². The van der Waals surface area contributed by atoms with Crippen LogP contribution in [0.5, 0.6) is 0 Å². The largest absolute Gasteiger partial charge is 0.383 e. The van der Waals surface area contributed by atoms with E-state index in [9.17, 15) is 0 Å². The fourth-order valence-corrected chi connectivity index (χ4v) is 1.66. The van der Waals surface area contributed by atoms with Crippen LogP contribution in [-0.2, 0) is 0 Å². The highest BCUT2D eigenvalue weighted by molar-refractivity contribution is 5.94. The van der Waals surface area contributed by atoms with Gasteiger partial charge in [-0.05, 0) is 24.3 Å².